The highest BCUT2D eigenvalue weighted by Gasteiger charge is 2.13. The number of aromatic hydroxyl groups is 2. The molecule has 0 aliphatic carbocycles. The molecule has 20 heavy (non-hydrogen) atoms. The summed E-state index contributed by atoms with van der Waals surface area (Å²) < 4.78 is 0. The van der Waals surface area contributed by atoms with Gasteiger partial charge in [0, 0.05) is 6.07 Å². The number of anilines is 1. The molecule has 2 rings (SSSR count). The van der Waals surface area contributed by atoms with Gasteiger partial charge in [-0.2, -0.15) is 5.26 Å². The molecule has 5 nitrogen and oxygen atoms in total. The number of nitriles is 1. The number of rotatable bonds is 2. The molecule has 0 radical (unpaired) electrons. The molecule has 0 heterocycles. The van der Waals surface area contributed by atoms with Gasteiger partial charge in [-0.05, 0) is 30.3 Å². The van der Waals surface area contributed by atoms with Crippen LogP contribution >= 0.6 is 11.6 Å². The van der Waals surface area contributed by atoms with Crippen LogP contribution in [0.5, 0.6) is 11.5 Å². The van der Waals surface area contributed by atoms with Gasteiger partial charge in [0.25, 0.3) is 5.91 Å². The average Bonchev–Trinajstić information content (AvgIpc) is 2.40. The van der Waals surface area contributed by atoms with E-state index in [0.29, 0.717) is 11.3 Å². The minimum Gasteiger partial charge on any atom is -0.508 e. The zero-order valence-corrected chi connectivity index (χ0v) is 10.8. The second-order valence-electron chi connectivity index (χ2n) is 3.96. The summed E-state index contributed by atoms with van der Waals surface area (Å²) in [5.74, 6) is -1.06. The van der Waals surface area contributed by atoms with Gasteiger partial charge in [-0.3, -0.25) is 4.79 Å². The molecule has 0 aliphatic heterocycles. The first kappa shape index (κ1) is 13.7. The lowest BCUT2D eigenvalue weighted by Gasteiger charge is -2.08. The first-order chi connectivity index (χ1) is 9.51. The van der Waals surface area contributed by atoms with Crippen molar-refractivity contribution in [3.8, 4) is 17.6 Å². The lowest BCUT2D eigenvalue weighted by atomic mass is 10.1. The third-order valence-electron chi connectivity index (χ3n) is 2.57. The lowest BCUT2D eigenvalue weighted by molar-refractivity contribution is 0.102. The number of halogens is 1. The summed E-state index contributed by atoms with van der Waals surface area (Å²) >= 11 is 5.94. The van der Waals surface area contributed by atoms with Gasteiger partial charge in [0.2, 0.25) is 0 Å². The molecule has 2 aromatic carbocycles. The van der Waals surface area contributed by atoms with Crippen LogP contribution in [0.2, 0.25) is 5.02 Å². The molecule has 0 saturated heterocycles. The van der Waals surface area contributed by atoms with Gasteiger partial charge in [0.1, 0.15) is 11.5 Å². The third kappa shape index (κ3) is 2.82. The number of nitrogens with zero attached hydrogens (tertiary/aromatic N) is 1. The summed E-state index contributed by atoms with van der Waals surface area (Å²) in [6.07, 6.45) is 0. The Morgan fingerprint density at radius 2 is 1.95 bits per heavy atom. The number of benzene rings is 2. The predicted molar refractivity (Wildman–Crippen MR) is 73.9 cm³/mol. The van der Waals surface area contributed by atoms with Crippen LogP contribution in [0.25, 0.3) is 0 Å². The lowest BCUT2D eigenvalue weighted by Crippen LogP contribution is -2.12. The van der Waals surface area contributed by atoms with Gasteiger partial charge in [0.05, 0.1) is 27.9 Å². The van der Waals surface area contributed by atoms with E-state index in [-0.39, 0.29) is 22.1 Å². The average molecular weight is 289 g/mol. The monoisotopic (exact) mass is 288 g/mol. The summed E-state index contributed by atoms with van der Waals surface area (Å²) in [6.45, 7) is 0. The Hall–Kier alpha value is -2.71. The summed E-state index contributed by atoms with van der Waals surface area (Å²) in [4.78, 5) is 12.0. The molecule has 6 heteroatoms. The number of carbonyl (C=O) groups is 1. The van der Waals surface area contributed by atoms with Crippen molar-refractivity contribution in [1.82, 2.24) is 0 Å². The smallest absolute Gasteiger partial charge is 0.259 e. The Labute approximate surface area is 119 Å². The fraction of sp³-hybridized carbons (Fsp3) is 0. The van der Waals surface area contributed by atoms with Crippen molar-refractivity contribution in [3.63, 3.8) is 0 Å². The molecule has 0 unspecified atom stereocenters. The van der Waals surface area contributed by atoms with Gasteiger partial charge >= 0.3 is 0 Å². The molecule has 0 atom stereocenters. The molecular weight excluding hydrogens is 280 g/mol. The van der Waals surface area contributed by atoms with E-state index in [4.69, 9.17) is 22.0 Å². The number of phenolic OH excluding ortho intramolecular Hbond substituents is 2. The van der Waals surface area contributed by atoms with Crippen molar-refractivity contribution >= 4 is 23.2 Å². The van der Waals surface area contributed by atoms with E-state index in [9.17, 15) is 9.90 Å². The van der Waals surface area contributed by atoms with Crippen LogP contribution in [0.3, 0.4) is 0 Å². The Balaban J connectivity index is 2.26. The molecule has 0 aromatic heterocycles. The fourth-order valence-electron chi connectivity index (χ4n) is 1.59. The van der Waals surface area contributed by atoms with E-state index in [1.165, 1.54) is 30.3 Å². The Morgan fingerprint density at radius 3 is 2.55 bits per heavy atom. The van der Waals surface area contributed by atoms with Gasteiger partial charge in [-0.1, -0.05) is 11.6 Å². The maximum absolute atomic E-state index is 12.0. The molecule has 100 valence electrons. The molecule has 0 saturated carbocycles. The first-order valence-corrected chi connectivity index (χ1v) is 5.92. The molecule has 0 aliphatic rings. The maximum Gasteiger partial charge on any atom is 0.259 e. The highest BCUT2D eigenvalue weighted by Crippen LogP contribution is 2.26. The number of nitrogens with one attached hydrogen (secondary N) is 1. The zero-order valence-electron chi connectivity index (χ0n) is 10.1. The van der Waals surface area contributed by atoms with Crippen molar-refractivity contribution in [2.45, 2.75) is 0 Å². The molecule has 0 spiro atoms. The van der Waals surface area contributed by atoms with Crippen LogP contribution in [-0.2, 0) is 0 Å². The topological polar surface area (TPSA) is 93.4 Å². The molecule has 0 fully saturated rings. The highest BCUT2D eigenvalue weighted by atomic mass is 35.5. The highest BCUT2D eigenvalue weighted by molar-refractivity contribution is 6.34. The quantitative estimate of drug-likeness (QED) is 0.792. The third-order valence-corrected chi connectivity index (χ3v) is 2.89. The van der Waals surface area contributed by atoms with Gasteiger partial charge < -0.3 is 15.5 Å². The van der Waals surface area contributed by atoms with Crippen LogP contribution in [0, 0.1) is 11.3 Å². The SMILES string of the molecule is N#Cc1ccc(NC(=O)c2ccc(O)cc2O)c(Cl)c1. The largest absolute Gasteiger partial charge is 0.508 e. The number of phenols is 2. The fourth-order valence-corrected chi connectivity index (χ4v) is 1.82. The number of hydrogen-bond donors (Lipinski definition) is 3. The van der Waals surface area contributed by atoms with Crippen molar-refractivity contribution in [3.05, 3.63) is 52.5 Å². The van der Waals surface area contributed by atoms with Crippen molar-refractivity contribution < 1.29 is 15.0 Å². The standard InChI is InChI=1S/C14H9ClN2O3/c15-11-5-8(7-16)1-4-12(11)17-14(20)10-3-2-9(18)6-13(10)19/h1-6,18-19H,(H,17,20). The van der Waals surface area contributed by atoms with Crippen molar-refractivity contribution in [1.29, 1.82) is 5.26 Å². The van der Waals surface area contributed by atoms with Crippen LogP contribution in [-0.4, -0.2) is 16.1 Å². The minimum absolute atomic E-state index is 0.00299. The van der Waals surface area contributed by atoms with Gasteiger partial charge in [-0.25, -0.2) is 0 Å². The van der Waals surface area contributed by atoms with E-state index in [0.717, 1.165) is 6.07 Å². The predicted octanol–water partition coefficient (Wildman–Crippen LogP) is 2.88. The Morgan fingerprint density at radius 1 is 1.20 bits per heavy atom. The summed E-state index contributed by atoms with van der Waals surface area (Å²) in [5, 5.41) is 30.2. The molecule has 0 bridgehead atoms. The number of amides is 1. The normalized spacial score (nSPS) is 9.80. The number of hydrogen-bond acceptors (Lipinski definition) is 4. The molecule has 2 aromatic rings. The van der Waals surface area contributed by atoms with E-state index in [2.05, 4.69) is 5.32 Å². The van der Waals surface area contributed by atoms with E-state index in [1.807, 2.05) is 6.07 Å². The van der Waals surface area contributed by atoms with Crippen molar-refractivity contribution in [2.75, 3.05) is 5.32 Å². The van der Waals surface area contributed by atoms with Crippen molar-refractivity contribution in [2.24, 2.45) is 0 Å². The molecule has 1 amide bonds. The van der Waals surface area contributed by atoms with Crippen LogP contribution in [0.1, 0.15) is 15.9 Å². The Kier molecular flexibility index (Phi) is 3.78. The van der Waals surface area contributed by atoms with Crippen LogP contribution < -0.4 is 5.32 Å². The summed E-state index contributed by atoms with van der Waals surface area (Å²) in [7, 11) is 0. The van der Waals surface area contributed by atoms with Gasteiger partial charge in [0.15, 0.2) is 0 Å². The molecule has 3 N–H and O–H groups in total. The van der Waals surface area contributed by atoms with E-state index < -0.39 is 5.91 Å². The summed E-state index contributed by atoms with van der Waals surface area (Å²) in [6, 6.07) is 10.0. The first-order valence-electron chi connectivity index (χ1n) is 5.54. The molecular formula is C14H9ClN2O3. The number of carbonyl (C=O) groups excluding carboxylic acids is 1. The maximum atomic E-state index is 12.0. The zero-order chi connectivity index (χ0) is 14.7. The second-order valence-corrected chi connectivity index (χ2v) is 4.37. The second kappa shape index (κ2) is 5.51. The van der Waals surface area contributed by atoms with Crippen LogP contribution in [0.4, 0.5) is 5.69 Å². The summed E-state index contributed by atoms with van der Waals surface area (Å²) in [5.41, 5.74) is 0.701. The Bertz CT molecular complexity index is 723. The van der Waals surface area contributed by atoms with E-state index in [1.54, 1.807) is 0 Å². The van der Waals surface area contributed by atoms with E-state index >= 15 is 0 Å². The van der Waals surface area contributed by atoms with Crippen LogP contribution in [0.15, 0.2) is 36.4 Å². The van der Waals surface area contributed by atoms with Gasteiger partial charge in [-0.15, -0.1) is 0 Å². The minimum atomic E-state index is -0.575.